The highest BCUT2D eigenvalue weighted by Gasteiger charge is 2.08. The van der Waals surface area contributed by atoms with E-state index in [0.717, 1.165) is 4.88 Å². The number of hydrogen-bond donors (Lipinski definition) is 0. The van der Waals surface area contributed by atoms with Crippen LogP contribution in [-0.2, 0) is 11.3 Å². The highest BCUT2D eigenvalue weighted by molar-refractivity contribution is 7.16. The Labute approximate surface area is 95.9 Å². The van der Waals surface area contributed by atoms with Crippen molar-refractivity contribution in [3.63, 3.8) is 0 Å². The lowest BCUT2D eigenvalue weighted by atomic mass is 10.4. The molecular formula is C8H9ClN4OS. The largest absolute Gasteiger partial charge is 0.341 e. The number of azide groups is 1. The summed E-state index contributed by atoms with van der Waals surface area (Å²) in [5.41, 5.74) is 8.06. The Morgan fingerprint density at radius 2 is 2.47 bits per heavy atom. The van der Waals surface area contributed by atoms with E-state index < -0.39 is 0 Å². The molecule has 0 unspecified atom stereocenters. The summed E-state index contributed by atoms with van der Waals surface area (Å²) in [4.78, 5) is 16.4. The highest BCUT2D eigenvalue weighted by Crippen LogP contribution is 2.22. The predicted molar refractivity (Wildman–Crippen MR) is 59.8 cm³/mol. The molecule has 0 spiro atoms. The third-order valence-corrected chi connectivity index (χ3v) is 2.93. The first-order valence-electron chi connectivity index (χ1n) is 4.12. The zero-order valence-electron chi connectivity index (χ0n) is 8.05. The van der Waals surface area contributed by atoms with Gasteiger partial charge in [0.25, 0.3) is 0 Å². The molecular weight excluding hydrogens is 236 g/mol. The third kappa shape index (κ3) is 3.79. The summed E-state index contributed by atoms with van der Waals surface area (Å²) in [7, 11) is 1.66. The summed E-state index contributed by atoms with van der Waals surface area (Å²) < 4.78 is 0.695. The van der Waals surface area contributed by atoms with Crippen LogP contribution in [-0.4, -0.2) is 24.4 Å². The van der Waals surface area contributed by atoms with Crippen molar-refractivity contribution in [3.8, 4) is 0 Å². The minimum atomic E-state index is -0.211. The number of thiophene rings is 1. The van der Waals surface area contributed by atoms with E-state index in [9.17, 15) is 4.79 Å². The molecule has 1 rings (SSSR count). The van der Waals surface area contributed by atoms with E-state index in [0.29, 0.717) is 10.9 Å². The SMILES string of the molecule is CN(Cc1ccc(Cl)s1)C(=O)CN=[N+]=[N-]. The number of likely N-dealkylation sites (N-methyl/N-ethyl adjacent to an activating group) is 1. The third-order valence-electron chi connectivity index (χ3n) is 1.72. The van der Waals surface area contributed by atoms with Crippen LogP contribution < -0.4 is 0 Å². The number of rotatable bonds is 4. The topological polar surface area (TPSA) is 69.1 Å². The van der Waals surface area contributed by atoms with Gasteiger partial charge in [0.2, 0.25) is 5.91 Å². The molecule has 0 saturated heterocycles. The van der Waals surface area contributed by atoms with E-state index in [2.05, 4.69) is 10.0 Å². The van der Waals surface area contributed by atoms with Crippen LogP contribution in [0.5, 0.6) is 0 Å². The monoisotopic (exact) mass is 244 g/mol. The van der Waals surface area contributed by atoms with Crippen molar-refractivity contribution in [2.45, 2.75) is 6.54 Å². The van der Waals surface area contributed by atoms with Gasteiger partial charge in [0.15, 0.2) is 0 Å². The zero-order valence-corrected chi connectivity index (χ0v) is 9.62. The van der Waals surface area contributed by atoms with Gasteiger partial charge in [-0.05, 0) is 17.7 Å². The number of amides is 1. The van der Waals surface area contributed by atoms with Gasteiger partial charge >= 0.3 is 0 Å². The van der Waals surface area contributed by atoms with Crippen LogP contribution in [0.1, 0.15) is 4.88 Å². The van der Waals surface area contributed by atoms with Gasteiger partial charge in [-0.3, -0.25) is 4.79 Å². The fourth-order valence-corrected chi connectivity index (χ4v) is 2.11. The van der Waals surface area contributed by atoms with Crippen LogP contribution >= 0.6 is 22.9 Å². The maximum absolute atomic E-state index is 11.3. The molecule has 0 radical (unpaired) electrons. The number of nitrogens with zero attached hydrogens (tertiary/aromatic N) is 4. The van der Waals surface area contributed by atoms with Crippen molar-refractivity contribution in [3.05, 3.63) is 31.8 Å². The average Bonchev–Trinajstić information content (AvgIpc) is 2.60. The first-order chi connectivity index (χ1) is 7.13. The standard InChI is InChI=1S/C8H9ClN4OS/c1-13(8(14)4-11-12-10)5-6-2-3-7(9)15-6/h2-3H,4-5H2,1H3. The van der Waals surface area contributed by atoms with Crippen LogP contribution in [0.4, 0.5) is 0 Å². The second-order valence-electron chi connectivity index (χ2n) is 2.84. The van der Waals surface area contributed by atoms with Gasteiger partial charge in [-0.25, -0.2) is 0 Å². The number of halogens is 1. The second kappa shape index (κ2) is 5.60. The molecule has 1 heterocycles. The molecule has 7 heteroatoms. The fourth-order valence-electron chi connectivity index (χ4n) is 0.971. The molecule has 0 aromatic carbocycles. The number of hydrogen-bond acceptors (Lipinski definition) is 3. The Morgan fingerprint density at radius 3 is 3.00 bits per heavy atom. The second-order valence-corrected chi connectivity index (χ2v) is 4.64. The average molecular weight is 245 g/mol. The predicted octanol–water partition coefficient (Wildman–Crippen LogP) is 2.67. The smallest absolute Gasteiger partial charge is 0.228 e. The van der Waals surface area contributed by atoms with Crippen LogP contribution in [0.2, 0.25) is 4.34 Å². The fraction of sp³-hybridized carbons (Fsp3) is 0.375. The van der Waals surface area contributed by atoms with Gasteiger partial charge in [0.1, 0.15) is 6.54 Å². The maximum atomic E-state index is 11.3. The summed E-state index contributed by atoms with van der Waals surface area (Å²) in [5.74, 6) is -0.211. The Bertz CT molecular complexity index is 399. The minimum absolute atomic E-state index is 0.147. The van der Waals surface area contributed by atoms with Crippen molar-refractivity contribution in [1.82, 2.24) is 4.90 Å². The lowest BCUT2D eigenvalue weighted by Gasteiger charge is -2.14. The van der Waals surface area contributed by atoms with Gasteiger partial charge < -0.3 is 4.90 Å². The quantitative estimate of drug-likeness (QED) is 0.456. The van der Waals surface area contributed by atoms with Crippen LogP contribution in [0, 0.1) is 0 Å². The summed E-state index contributed by atoms with van der Waals surface area (Å²) in [5, 5.41) is 3.21. The van der Waals surface area contributed by atoms with Gasteiger partial charge in [-0.15, -0.1) is 11.3 Å². The lowest BCUT2D eigenvalue weighted by Crippen LogP contribution is -2.27. The summed E-state index contributed by atoms with van der Waals surface area (Å²) in [6, 6.07) is 3.65. The van der Waals surface area contributed by atoms with Crippen molar-refractivity contribution < 1.29 is 4.79 Å². The van der Waals surface area contributed by atoms with Gasteiger partial charge in [0.05, 0.1) is 10.9 Å². The summed E-state index contributed by atoms with van der Waals surface area (Å²) in [6.07, 6.45) is 0. The summed E-state index contributed by atoms with van der Waals surface area (Å²) in [6.45, 7) is 0.337. The molecule has 80 valence electrons. The van der Waals surface area contributed by atoms with E-state index in [1.165, 1.54) is 16.2 Å². The molecule has 1 aromatic heterocycles. The zero-order chi connectivity index (χ0) is 11.3. The van der Waals surface area contributed by atoms with Gasteiger partial charge in [-0.1, -0.05) is 16.7 Å². The minimum Gasteiger partial charge on any atom is -0.341 e. The Balaban J connectivity index is 2.51. The number of carbonyl (C=O) groups excluding carboxylic acids is 1. The number of carbonyl (C=O) groups is 1. The van der Waals surface area contributed by atoms with Crippen LogP contribution in [0.3, 0.4) is 0 Å². The molecule has 1 amide bonds. The van der Waals surface area contributed by atoms with Crippen LogP contribution in [0.15, 0.2) is 17.2 Å². The molecule has 0 aliphatic heterocycles. The van der Waals surface area contributed by atoms with Gasteiger partial charge in [0, 0.05) is 16.8 Å². The van der Waals surface area contributed by atoms with Gasteiger partial charge in [-0.2, -0.15) is 0 Å². The van der Waals surface area contributed by atoms with Crippen LogP contribution in [0.25, 0.3) is 10.4 Å². The molecule has 0 aliphatic carbocycles. The van der Waals surface area contributed by atoms with E-state index in [4.69, 9.17) is 17.1 Å². The van der Waals surface area contributed by atoms with E-state index in [-0.39, 0.29) is 12.5 Å². The molecule has 15 heavy (non-hydrogen) atoms. The first kappa shape index (κ1) is 11.8. The molecule has 5 nitrogen and oxygen atoms in total. The Morgan fingerprint density at radius 1 is 1.73 bits per heavy atom. The van der Waals surface area contributed by atoms with Crippen molar-refractivity contribution >= 4 is 28.8 Å². The molecule has 0 fully saturated rings. The first-order valence-corrected chi connectivity index (χ1v) is 5.32. The molecule has 0 N–H and O–H groups in total. The van der Waals surface area contributed by atoms with E-state index >= 15 is 0 Å². The van der Waals surface area contributed by atoms with E-state index in [1.54, 1.807) is 13.1 Å². The van der Waals surface area contributed by atoms with Crippen molar-refractivity contribution in [2.75, 3.05) is 13.6 Å². The molecule has 0 bridgehead atoms. The highest BCUT2D eigenvalue weighted by atomic mass is 35.5. The summed E-state index contributed by atoms with van der Waals surface area (Å²) >= 11 is 7.18. The maximum Gasteiger partial charge on any atom is 0.228 e. The van der Waals surface area contributed by atoms with E-state index in [1.807, 2.05) is 6.07 Å². The molecule has 0 saturated carbocycles. The Kier molecular flexibility index (Phi) is 4.42. The molecule has 1 aromatic rings. The molecule has 0 atom stereocenters. The normalized spacial score (nSPS) is 9.47. The lowest BCUT2D eigenvalue weighted by molar-refractivity contribution is -0.128. The van der Waals surface area contributed by atoms with Crippen molar-refractivity contribution in [2.24, 2.45) is 5.11 Å². The molecule has 0 aliphatic rings. The van der Waals surface area contributed by atoms with Crippen molar-refractivity contribution in [1.29, 1.82) is 0 Å². The Hall–Kier alpha value is -1.23.